The second-order valence-corrected chi connectivity index (χ2v) is 5.42. The first-order valence-electron chi connectivity index (χ1n) is 5.77. The molecule has 0 fully saturated rings. The molecule has 0 saturated heterocycles. The minimum Gasteiger partial charge on any atom is -0.293 e. The monoisotopic (exact) mass is 260 g/mol. The standard InChI is InChI=1S/C12H12N4OS/c1-16-12(13-14-15-16)18-10-7-6-8-4-2-3-5-9(8)11(10)17/h2-5,10H,6-7H2,1H3/t10-/m0/s1. The number of hydrogen-bond donors (Lipinski definition) is 0. The van der Waals surface area contributed by atoms with Crippen LogP contribution in [0.2, 0.25) is 0 Å². The summed E-state index contributed by atoms with van der Waals surface area (Å²) >= 11 is 1.45. The molecule has 1 aliphatic rings. The zero-order valence-electron chi connectivity index (χ0n) is 9.91. The molecule has 1 heterocycles. The minimum absolute atomic E-state index is 0.0791. The summed E-state index contributed by atoms with van der Waals surface area (Å²) in [5.74, 6) is 0.185. The average molecular weight is 260 g/mol. The molecule has 2 aromatic rings. The van der Waals surface area contributed by atoms with Crippen molar-refractivity contribution in [3.8, 4) is 0 Å². The summed E-state index contributed by atoms with van der Waals surface area (Å²) in [5, 5.41) is 11.9. The quantitative estimate of drug-likeness (QED) is 0.819. The van der Waals surface area contributed by atoms with Crippen LogP contribution in [0.4, 0.5) is 0 Å². The first kappa shape index (κ1) is 11.4. The molecule has 5 nitrogen and oxygen atoms in total. The van der Waals surface area contributed by atoms with Crippen LogP contribution in [0.25, 0.3) is 0 Å². The number of aryl methyl sites for hydroxylation is 2. The van der Waals surface area contributed by atoms with Gasteiger partial charge in [-0.05, 0) is 28.8 Å². The second kappa shape index (κ2) is 4.53. The van der Waals surface area contributed by atoms with E-state index in [1.807, 2.05) is 24.3 Å². The summed E-state index contributed by atoms with van der Waals surface area (Å²) in [6.07, 6.45) is 1.78. The van der Waals surface area contributed by atoms with Crippen molar-refractivity contribution >= 4 is 17.5 Å². The summed E-state index contributed by atoms with van der Waals surface area (Å²) in [6.45, 7) is 0. The number of benzene rings is 1. The maximum Gasteiger partial charge on any atom is 0.209 e. The SMILES string of the molecule is Cn1nnnc1S[C@H]1CCc2ccccc2C1=O. The number of rotatable bonds is 2. The molecule has 0 amide bonds. The Balaban J connectivity index is 1.85. The van der Waals surface area contributed by atoms with Gasteiger partial charge >= 0.3 is 0 Å². The van der Waals surface area contributed by atoms with E-state index in [1.54, 1.807) is 11.7 Å². The van der Waals surface area contributed by atoms with Crippen molar-refractivity contribution in [2.45, 2.75) is 23.2 Å². The number of aromatic nitrogens is 4. The lowest BCUT2D eigenvalue weighted by Crippen LogP contribution is -2.25. The van der Waals surface area contributed by atoms with E-state index in [1.165, 1.54) is 11.8 Å². The van der Waals surface area contributed by atoms with Crippen molar-refractivity contribution in [3.05, 3.63) is 35.4 Å². The molecule has 0 unspecified atom stereocenters. The van der Waals surface area contributed by atoms with Crippen LogP contribution in [0.15, 0.2) is 29.4 Å². The molecule has 6 heteroatoms. The minimum atomic E-state index is -0.0791. The predicted octanol–water partition coefficient (Wildman–Crippen LogP) is 1.50. The number of carbonyl (C=O) groups excluding carboxylic acids is 1. The van der Waals surface area contributed by atoms with Gasteiger partial charge in [0.15, 0.2) is 5.78 Å². The molecule has 1 aliphatic carbocycles. The van der Waals surface area contributed by atoms with Crippen molar-refractivity contribution in [3.63, 3.8) is 0 Å². The van der Waals surface area contributed by atoms with Gasteiger partial charge in [-0.2, -0.15) is 0 Å². The van der Waals surface area contributed by atoms with Gasteiger partial charge in [0.1, 0.15) is 0 Å². The van der Waals surface area contributed by atoms with E-state index in [9.17, 15) is 4.79 Å². The van der Waals surface area contributed by atoms with Gasteiger partial charge in [0, 0.05) is 12.6 Å². The Morgan fingerprint density at radius 3 is 3.00 bits per heavy atom. The van der Waals surface area contributed by atoms with Crippen LogP contribution in [0, 0.1) is 0 Å². The van der Waals surface area contributed by atoms with Crippen LogP contribution >= 0.6 is 11.8 Å². The Labute approximate surface area is 109 Å². The Morgan fingerprint density at radius 2 is 2.22 bits per heavy atom. The zero-order valence-corrected chi connectivity index (χ0v) is 10.7. The Bertz CT molecular complexity index is 595. The number of Topliss-reactive ketones (excluding diaryl/α,β-unsaturated/α-hetero) is 1. The molecular weight excluding hydrogens is 248 g/mol. The first-order valence-corrected chi connectivity index (χ1v) is 6.65. The van der Waals surface area contributed by atoms with Crippen LogP contribution in [-0.4, -0.2) is 31.2 Å². The van der Waals surface area contributed by atoms with Crippen LogP contribution in [0.3, 0.4) is 0 Å². The topological polar surface area (TPSA) is 60.7 Å². The molecule has 1 atom stereocenters. The van der Waals surface area contributed by atoms with Gasteiger partial charge < -0.3 is 0 Å². The Kier molecular flexibility index (Phi) is 2.87. The fourth-order valence-electron chi connectivity index (χ4n) is 2.13. The maximum atomic E-state index is 12.4. The highest BCUT2D eigenvalue weighted by molar-refractivity contribution is 8.00. The third-order valence-electron chi connectivity index (χ3n) is 3.08. The molecule has 3 rings (SSSR count). The number of tetrazole rings is 1. The normalized spacial score (nSPS) is 18.7. The number of ketones is 1. The largest absolute Gasteiger partial charge is 0.293 e. The highest BCUT2D eigenvalue weighted by atomic mass is 32.2. The van der Waals surface area contributed by atoms with Crippen LogP contribution < -0.4 is 0 Å². The molecule has 0 radical (unpaired) electrons. The highest BCUT2D eigenvalue weighted by Crippen LogP contribution is 2.31. The molecule has 1 aromatic carbocycles. The van der Waals surface area contributed by atoms with E-state index in [-0.39, 0.29) is 11.0 Å². The second-order valence-electron chi connectivity index (χ2n) is 4.25. The van der Waals surface area contributed by atoms with E-state index in [4.69, 9.17) is 0 Å². The summed E-state index contributed by atoms with van der Waals surface area (Å²) in [6, 6.07) is 7.82. The first-order chi connectivity index (χ1) is 8.75. The molecular formula is C12H12N4OS. The third kappa shape index (κ3) is 1.92. The van der Waals surface area contributed by atoms with Gasteiger partial charge in [-0.15, -0.1) is 5.10 Å². The summed E-state index contributed by atoms with van der Waals surface area (Å²) in [5.41, 5.74) is 1.99. The lowest BCUT2D eigenvalue weighted by molar-refractivity contribution is 0.0979. The van der Waals surface area contributed by atoms with Gasteiger partial charge in [0.2, 0.25) is 5.16 Å². The molecule has 0 spiro atoms. The van der Waals surface area contributed by atoms with Gasteiger partial charge in [0.25, 0.3) is 0 Å². The van der Waals surface area contributed by atoms with Gasteiger partial charge in [-0.3, -0.25) is 4.79 Å². The van der Waals surface area contributed by atoms with Gasteiger partial charge in [0.05, 0.1) is 5.25 Å². The zero-order chi connectivity index (χ0) is 12.5. The van der Waals surface area contributed by atoms with E-state index in [0.717, 1.165) is 24.0 Å². The summed E-state index contributed by atoms with van der Waals surface area (Å²) in [7, 11) is 1.78. The summed E-state index contributed by atoms with van der Waals surface area (Å²) in [4.78, 5) is 12.4. The van der Waals surface area contributed by atoms with Crippen molar-refractivity contribution in [2.24, 2.45) is 7.05 Å². The lowest BCUT2D eigenvalue weighted by atomic mass is 9.90. The van der Waals surface area contributed by atoms with Crippen molar-refractivity contribution in [1.82, 2.24) is 20.2 Å². The smallest absolute Gasteiger partial charge is 0.209 e. The summed E-state index contributed by atoms with van der Waals surface area (Å²) < 4.78 is 1.60. The fraction of sp³-hybridized carbons (Fsp3) is 0.333. The number of carbonyl (C=O) groups is 1. The number of nitrogens with zero attached hydrogens (tertiary/aromatic N) is 4. The van der Waals surface area contributed by atoms with Crippen molar-refractivity contribution in [2.75, 3.05) is 0 Å². The Morgan fingerprint density at radius 1 is 1.39 bits per heavy atom. The van der Waals surface area contributed by atoms with E-state index in [2.05, 4.69) is 15.5 Å². The number of fused-ring (bicyclic) bond motifs is 1. The van der Waals surface area contributed by atoms with Crippen molar-refractivity contribution in [1.29, 1.82) is 0 Å². The molecule has 1 aromatic heterocycles. The van der Waals surface area contributed by atoms with Crippen LogP contribution in [0.5, 0.6) is 0 Å². The third-order valence-corrected chi connectivity index (χ3v) is 4.37. The molecule has 92 valence electrons. The molecule has 0 N–H and O–H groups in total. The average Bonchev–Trinajstić information content (AvgIpc) is 2.79. The predicted molar refractivity (Wildman–Crippen MR) is 67.5 cm³/mol. The van der Waals surface area contributed by atoms with Crippen molar-refractivity contribution < 1.29 is 4.79 Å². The maximum absolute atomic E-state index is 12.4. The van der Waals surface area contributed by atoms with E-state index in [0.29, 0.717) is 5.16 Å². The van der Waals surface area contributed by atoms with Crippen LogP contribution in [-0.2, 0) is 13.5 Å². The van der Waals surface area contributed by atoms with Gasteiger partial charge in [-0.25, -0.2) is 4.68 Å². The number of thioether (sulfide) groups is 1. The number of hydrogen-bond acceptors (Lipinski definition) is 5. The molecule has 18 heavy (non-hydrogen) atoms. The van der Waals surface area contributed by atoms with Crippen LogP contribution in [0.1, 0.15) is 22.3 Å². The molecule has 0 bridgehead atoms. The van der Waals surface area contributed by atoms with E-state index >= 15 is 0 Å². The lowest BCUT2D eigenvalue weighted by Gasteiger charge is -2.21. The molecule has 0 aliphatic heterocycles. The van der Waals surface area contributed by atoms with Gasteiger partial charge in [-0.1, -0.05) is 36.0 Å². The van der Waals surface area contributed by atoms with E-state index < -0.39 is 0 Å². The Hall–Kier alpha value is -1.69. The molecule has 0 saturated carbocycles. The fourth-order valence-corrected chi connectivity index (χ4v) is 3.13. The highest BCUT2D eigenvalue weighted by Gasteiger charge is 2.29.